The van der Waals surface area contributed by atoms with Gasteiger partial charge in [-0.15, -0.1) is 6.26 Å². The van der Waals surface area contributed by atoms with Gasteiger partial charge in [-0.2, -0.15) is 0 Å². The van der Waals surface area contributed by atoms with E-state index in [4.69, 9.17) is 5.11 Å². The molecule has 1 N–H and O–H groups in total. The molecule has 0 aliphatic heterocycles. The monoisotopic (exact) mass is 195 g/mol. The lowest BCUT2D eigenvalue weighted by atomic mass is 10.2. The second-order valence-electron chi connectivity index (χ2n) is 2.11. The predicted molar refractivity (Wildman–Crippen MR) is 45.1 cm³/mol. The van der Waals surface area contributed by atoms with E-state index in [9.17, 15) is 19.5 Å². The van der Waals surface area contributed by atoms with Gasteiger partial charge in [0.15, 0.2) is 0 Å². The summed E-state index contributed by atoms with van der Waals surface area (Å²) in [5.74, 6) is -2.78. The molecule has 0 unspecified atom stereocenters. The highest BCUT2D eigenvalue weighted by Crippen LogP contribution is 1.98. The average molecular weight is 195 g/mol. The van der Waals surface area contributed by atoms with Crippen molar-refractivity contribution in [3.8, 4) is 0 Å². The zero-order valence-corrected chi connectivity index (χ0v) is 7.04. The van der Waals surface area contributed by atoms with Crippen molar-refractivity contribution in [1.82, 2.24) is 0 Å². The first kappa shape index (κ1) is 11.8. The Morgan fingerprint density at radius 1 is 1.21 bits per heavy atom. The molecule has 0 saturated heterocycles. The summed E-state index contributed by atoms with van der Waals surface area (Å²) in [4.78, 5) is 30.7. The van der Waals surface area contributed by atoms with Crippen LogP contribution in [0.15, 0.2) is 36.1 Å². The number of rotatable bonds is 5. The number of allylic oxidation sites excluding steroid dienone is 4. The van der Waals surface area contributed by atoms with Crippen molar-refractivity contribution in [2.75, 3.05) is 0 Å². The molecule has 74 valence electrons. The third-order valence-electron chi connectivity index (χ3n) is 1.14. The summed E-state index contributed by atoms with van der Waals surface area (Å²) in [5.41, 5.74) is 0.0551. The molecule has 0 aromatic rings. The molecule has 0 atom stereocenters. The SMILES string of the molecule is O=C/C=C/C(/C=C\[O-])=C\C(=O)C(=O)O. The Morgan fingerprint density at radius 2 is 1.86 bits per heavy atom. The van der Waals surface area contributed by atoms with Crippen molar-refractivity contribution in [3.05, 3.63) is 36.1 Å². The summed E-state index contributed by atoms with van der Waals surface area (Å²) in [6.45, 7) is 0. The highest BCUT2D eigenvalue weighted by molar-refractivity contribution is 6.37. The Morgan fingerprint density at radius 3 is 2.29 bits per heavy atom. The number of carboxylic acid groups (broad SMARTS) is 1. The van der Waals surface area contributed by atoms with E-state index in [1.807, 2.05) is 0 Å². The van der Waals surface area contributed by atoms with Gasteiger partial charge >= 0.3 is 5.97 Å². The molecule has 0 saturated carbocycles. The number of carbonyl (C=O) groups excluding carboxylic acids is 2. The second-order valence-corrected chi connectivity index (χ2v) is 2.11. The highest BCUT2D eigenvalue weighted by atomic mass is 16.4. The number of aliphatic carboxylic acids is 1. The van der Waals surface area contributed by atoms with Crippen molar-refractivity contribution >= 4 is 18.0 Å². The minimum absolute atomic E-state index is 0.0551. The van der Waals surface area contributed by atoms with Crippen LogP contribution in [-0.4, -0.2) is 23.1 Å². The van der Waals surface area contributed by atoms with Crippen LogP contribution in [0.1, 0.15) is 0 Å². The maximum absolute atomic E-state index is 10.7. The first-order valence-electron chi connectivity index (χ1n) is 3.51. The van der Waals surface area contributed by atoms with E-state index in [0.717, 1.165) is 24.3 Å². The summed E-state index contributed by atoms with van der Waals surface area (Å²) in [5, 5.41) is 18.3. The third-order valence-corrected chi connectivity index (χ3v) is 1.14. The molecule has 0 aromatic heterocycles. The fourth-order valence-corrected chi connectivity index (χ4v) is 0.594. The van der Waals surface area contributed by atoms with Crippen LogP contribution in [0.2, 0.25) is 0 Å². The predicted octanol–water partition coefficient (Wildman–Crippen LogP) is -0.804. The molecule has 5 nitrogen and oxygen atoms in total. The molecular weight excluding hydrogens is 188 g/mol. The van der Waals surface area contributed by atoms with Gasteiger partial charge in [0.2, 0.25) is 0 Å². The van der Waals surface area contributed by atoms with Crippen LogP contribution < -0.4 is 5.11 Å². The molecule has 0 rings (SSSR count). The van der Waals surface area contributed by atoms with Gasteiger partial charge in [0.1, 0.15) is 6.29 Å². The maximum Gasteiger partial charge on any atom is 0.376 e. The zero-order valence-electron chi connectivity index (χ0n) is 7.04. The van der Waals surface area contributed by atoms with Gasteiger partial charge in [-0.1, -0.05) is 12.2 Å². The smallest absolute Gasteiger partial charge is 0.376 e. The lowest BCUT2D eigenvalue weighted by molar-refractivity contribution is -0.274. The van der Waals surface area contributed by atoms with E-state index in [1.165, 1.54) is 0 Å². The van der Waals surface area contributed by atoms with Crippen molar-refractivity contribution < 1.29 is 24.6 Å². The molecule has 14 heavy (non-hydrogen) atoms. The molecule has 0 amide bonds. The molecule has 5 heteroatoms. The summed E-state index contributed by atoms with van der Waals surface area (Å²) in [6, 6.07) is 0. The van der Waals surface area contributed by atoms with Crippen LogP contribution in [-0.2, 0) is 14.4 Å². The standard InChI is InChI=1S/C9H8O5/c10-4-1-2-7(3-5-11)6-8(12)9(13)14/h1-6,11H,(H,13,14)/p-1/b2-1+,5-3-,7-6+. The Hall–Kier alpha value is -2.17. The molecule has 0 aliphatic rings. The third kappa shape index (κ3) is 4.66. The highest BCUT2D eigenvalue weighted by Gasteiger charge is 2.06. The fraction of sp³-hybridized carbons (Fsp3) is 0. The Kier molecular flexibility index (Phi) is 5.37. The molecule has 0 spiro atoms. The van der Waals surface area contributed by atoms with E-state index in [-0.39, 0.29) is 5.57 Å². The van der Waals surface area contributed by atoms with E-state index < -0.39 is 11.8 Å². The molecular formula is C9H7O5-. The summed E-state index contributed by atoms with van der Waals surface area (Å²) in [7, 11) is 0. The molecule has 0 heterocycles. The number of hydrogen-bond acceptors (Lipinski definition) is 4. The molecule has 0 radical (unpaired) electrons. The average Bonchev–Trinajstić information content (AvgIpc) is 2.14. The maximum atomic E-state index is 10.7. The van der Waals surface area contributed by atoms with Gasteiger partial charge in [-0.05, 0) is 11.6 Å². The first-order chi connectivity index (χ1) is 6.61. The van der Waals surface area contributed by atoms with Gasteiger partial charge in [0, 0.05) is 6.08 Å². The molecule has 0 fully saturated rings. The van der Waals surface area contributed by atoms with Crippen LogP contribution >= 0.6 is 0 Å². The van der Waals surface area contributed by atoms with Crippen LogP contribution in [0.3, 0.4) is 0 Å². The van der Waals surface area contributed by atoms with Crippen molar-refractivity contribution in [2.24, 2.45) is 0 Å². The zero-order chi connectivity index (χ0) is 11.0. The largest absolute Gasteiger partial charge is 0.878 e. The van der Waals surface area contributed by atoms with Crippen molar-refractivity contribution in [1.29, 1.82) is 0 Å². The van der Waals surface area contributed by atoms with Gasteiger partial charge in [0.25, 0.3) is 5.78 Å². The Bertz CT molecular complexity index is 322. The molecule has 0 aliphatic carbocycles. The number of aldehydes is 1. The first-order valence-corrected chi connectivity index (χ1v) is 3.51. The van der Waals surface area contributed by atoms with Gasteiger partial charge in [0.05, 0.1) is 0 Å². The summed E-state index contributed by atoms with van der Waals surface area (Å²) >= 11 is 0. The second kappa shape index (κ2) is 6.36. The summed E-state index contributed by atoms with van der Waals surface area (Å²) in [6.07, 6.45) is 4.74. The quantitative estimate of drug-likeness (QED) is 0.203. The minimum Gasteiger partial charge on any atom is -0.878 e. The fourth-order valence-electron chi connectivity index (χ4n) is 0.594. The lowest BCUT2D eigenvalue weighted by Crippen LogP contribution is -2.09. The normalized spacial score (nSPS) is 12.1. The van der Waals surface area contributed by atoms with E-state index in [1.54, 1.807) is 0 Å². The topological polar surface area (TPSA) is 94.5 Å². The van der Waals surface area contributed by atoms with Crippen LogP contribution in [0.4, 0.5) is 0 Å². The minimum atomic E-state index is -1.62. The van der Waals surface area contributed by atoms with Gasteiger partial charge < -0.3 is 10.2 Å². The Balaban J connectivity index is 4.80. The number of ketones is 1. The lowest BCUT2D eigenvalue weighted by Gasteiger charge is -1.94. The number of hydrogen-bond donors (Lipinski definition) is 1. The van der Waals surface area contributed by atoms with Crippen LogP contribution in [0.5, 0.6) is 0 Å². The van der Waals surface area contributed by atoms with Gasteiger partial charge in [-0.3, -0.25) is 9.59 Å². The number of carbonyl (C=O) groups is 3. The molecule has 0 aromatic carbocycles. The van der Waals surface area contributed by atoms with Gasteiger partial charge in [-0.25, -0.2) is 4.79 Å². The van der Waals surface area contributed by atoms with E-state index >= 15 is 0 Å². The van der Waals surface area contributed by atoms with Crippen molar-refractivity contribution in [2.45, 2.75) is 0 Å². The Labute approximate surface area is 79.7 Å². The van der Waals surface area contributed by atoms with Crippen molar-refractivity contribution in [3.63, 3.8) is 0 Å². The van der Waals surface area contributed by atoms with E-state index in [2.05, 4.69) is 0 Å². The van der Waals surface area contributed by atoms with E-state index in [0.29, 0.717) is 12.5 Å². The summed E-state index contributed by atoms with van der Waals surface area (Å²) < 4.78 is 0. The van der Waals surface area contributed by atoms with Crippen LogP contribution in [0, 0.1) is 0 Å². The molecule has 0 bridgehead atoms. The van der Waals surface area contributed by atoms with Crippen LogP contribution in [0.25, 0.3) is 0 Å². The number of carboxylic acids is 1.